The largest absolute Gasteiger partial charge is 0.478 e. The van der Waals surface area contributed by atoms with E-state index in [0.717, 1.165) is 25.9 Å². The van der Waals surface area contributed by atoms with E-state index in [0.29, 0.717) is 5.57 Å². The third-order valence-electron chi connectivity index (χ3n) is 2.12. The molecule has 0 aromatic rings. The maximum absolute atomic E-state index is 9.86. The van der Waals surface area contributed by atoms with Crippen molar-refractivity contribution in [1.82, 2.24) is 0 Å². The number of allylic oxidation sites excluding steroid dienone is 1. The number of isocyanates is 1. The first-order valence-corrected chi connectivity index (χ1v) is 5.16. The molecule has 90 valence electrons. The summed E-state index contributed by atoms with van der Waals surface area (Å²) in [5.41, 5.74) is 0.389. The van der Waals surface area contributed by atoms with Crippen LogP contribution in [0.5, 0.6) is 0 Å². The van der Waals surface area contributed by atoms with Crippen molar-refractivity contribution in [2.24, 2.45) is 4.99 Å². The predicted molar refractivity (Wildman–Crippen MR) is 58.8 cm³/mol. The molecule has 1 heterocycles. The van der Waals surface area contributed by atoms with Crippen LogP contribution in [0.1, 0.15) is 33.1 Å². The summed E-state index contributed by atoms with van der Waals surface area (Å²) in [6.45, 7) is 3.99. The molecule has 1 saturated heterocycles. The highest BCUT2D eigenvalue weighted by Crippen LogP contribution is 2.12. The Morgan fingerprint density at radius 3 is 2.56 bits per heavy atom. The first-order chi connectivity index (χ1) is 7.61. The molecule has 0 radical (unpaired) electrons. The molecule has 0 spiro atoms. The van der Waals surface area contributed by atoms with E-state index < -0.39 is 5.97 Å². The van der Waals surface area contributed by atoms with E-state index in [1.54, 1.807) is 19.9 Å². The van der Waals surface area contributed by atoms with E-state index in [4.69, 9.17) is 9.84 Å². The highest BCUT2D eigenvalue weighted by Gasteiger charge is 2.10. The van der Waals surface area contributed by atoms with Crippen molar-refractivity contribution in [2.45, 2.75) is 39.3 Å². The number of aliphatic carboxylic acids is 1. The second-order valence-electron chi connectivity index (χ2n) is 3.32. The molecule has 1 fully saturated rings. The Labute approximate surface area is 94.8 Å². The smallest absolute Gasteiger partial charge is 0.330 e. The number of carbonyl (C=O) groups is 1. The van der Waals surface area contributed by atoms with Gasteiger partial charge in [-0.05, 0) is 33.1 Å². The van der Waals surface area contributed by atoms with Gasteiger partial charge in [-0.2, -0.15) is 4.99 Å². The number of hydrogen-bond donors (Lipinski definition) is 1. The van der Waals surface area contributed by atoms with Gasteiger partial charge in [-0.3, -0.25) is 0 Å². The van der Waals surface area contributed by atoms with Gasteiger partial charge in [0, 0.05) is 12.2 Å². The van der Waals surface area contributed by atoms with Gasteiger partial charge in [-0.15, -0.1) is 0 Å². The van der Waals surface area contributed by atoms with Crippen LogP contribution in [0.2, 0.25) is 0 Å². The van der Waals surface area contributed by atoms with Gasteiger partial charge in [0.1, 0.15) is 0 Å². The van der Waals surface area contributed by atoms with Crippen LogP contribution in [0.4, 0.5) is 0 Å². The molecule has 0 aliphatic carbocycles. The summed E-state index contributed by atoms with van der Waals surface area (Å²) in [6, 6.07) is 0. The Morgan fingerprint density at radius 2 is 2.25 bits per heavy atom. The van der Waals surface area contributed by atoms with Crippen molar-refractivity contribution in [3.8, 4) is 0 Å². The molecule has 0 saturated carbocycles. The Bertz CT molecular complexity index is 286. The van der Waals surface area contributed by atoms with Crippen LogP contribution in [0.3, 0.4) is 0 Å². The Balaban J connectivity index is 0.000000293. The Kier molecular flexibility index (Phi) is 8.03. The lowest BCUT2D eigenvalue weighted by Crippen LogP contribution is -2.15. The standard InChI is InChI=1S/C6H9NO2.C5H8O2/c8-5-7-6-3-1-2-4-9-6;1-3-4(2)5(6)7/h6H,1-4H2;3H,1-2H3,(H,6,7). The fraction of sp³-hybridized carbons (Fsp3) is 0.636. The minimum atomic E-state index is -0.845. The van der Waals surface area contributed by atoms with Gasteiger partial charge < -0.3 is 9.84 Å². The summed E-state index contributed by atoms with van der Waals surface area (Å²) < 4.78 is 5.09. The topological polar surface area (TPSA) is 76.0 Å². The number of rotatable bonds is 2. The van der Waals surface area contributed by atoms with E-state index in [1.807, 2.05) is 0 Å². The molecule has 1 N–H and O–H groups in total. The number of nitrogens with zero attached hydrogens (tertiary/aromatic N) is 1. The van der Waals surface area contributed by atoms with Crippen LogP contribution in [0, 0.1) is 0 Å². The molecule has 5 heteroatoms. The Morgan fingerprint density at radius 1 is 1.56 bits per heavy atom. The van der Waals surface area contributed by atoms with Crippen molar-refractivity contribution in [1.29, 1.82) is 0 Å². The molecule has 0 aromatic heterocycles. The molecule has 1 atom stereocenters. The maximum Gasteiger partial charge on any atom is 0.330 e. The van der Waals surface area contributed by atoms with Gasteiger partial charge in [0.2, 0.25) is 6.08 Å². The van der Waals surface area contributed by atoms with E-state index in [9.17, 15) is 9.59 Å². The number of carboxylic acids is 1. The van der Waals surface area contributed by atoms with Crippen molar-refractivity contribution >= 4 is 12.0 Å². The molecule has 5 nitrogen and oxygen atoms in total. The highest BCUT2D eigenvalue weighted by atomic mass is 16.5. The van der Waals surface area contributed by atoms with Crippen molar-refractivity contribution in [3.05, 3.63) is 11.6 Å². The average Bonchev–Trinajstić information content (AvgIpc) is 2.30. The number of hydrogen-bond acceptors (Lipinski definition) is 4. The molecule has 0 aromatic carbocycles. The van der Waals surface area contributed by atoms with E-state index >= 15 is 0 Å². The first-order valence-electron chi connectivity index (χ1n) is 5.16. The monoisotopic (exact) mass is 227 g/mol. The van der Waals surface area contributed by atoms with Gasteiger partial charge in [-0.1, -0.05) is 6.08 Å². The van der Waals surface area contributed by atoms with E-state index in [-0.39, 0.29) is 6.23 Å². The molecule has 1 rings (SSSR count). The zero-order chi connectivity index (χ0) is 12.4. The molecular weight excluding hydrogens is 210 g/mol. The van der Waals surface area contributed by atoms with E-state index in [1.165, 1.54) is 6.08 Å². The zero-order valence-corrected chi connectivity index (χ0v) is 9.60. The average molecular weight is 227 g/mol. The molecular formula is C11H17NO4. The molecule has 1 aliphatic rings. The van der Waals surface area contributed by atoms with Gasteiger partial charge >= 0.3 is 5.97 Å². The van der Waals surface area contributed by atoms with Gasteiger partial charge in [0.05, 0.1) is 0 Å². The SMILES string of the molecule is CC=C(C)C(=O)O.O=C=NC1CCCCO1. The van der Waals surface area contributed by atoms with Crippen LogP contribution in [-0.4, -0.2) is 30.0 Å². The summed E-state index contributed by atoms with van der Waals surface area (Å²) >= 11 is 0. The van der Waals surface area contributed by atoms with Crippen LogP contribution in [0.25, 0.3) is 0 Å². The normalized spacial score (nSPS) is 20.1. The molecule has 0 amide bonds. The van der Waals surface area contributed by atoms with Crippen LogP contribution >= 0.6 is 0 Å². The number of carbonyl (C=O) groups excluding carboxylic acids is 1. The fourth-order valence-corrected chi connectivity index (χ4v) is 1.01. The molecule has 0 bridgehead atoms. The zero-order valence-electron chi connectivity index (χ0n) is 9.60. The van der Waals surface area contributed by atoms with E-state index in [2.05, 4.69) is 4.99 Å². The second-order valence-corrected chi connectivity index (χ2v) is 3.32. The van der Waals surface area contributed by atoms with Gasteiger partial charge in [0.25, 0.3) is 0 Å². The lowest BCUT2D eigenvalue weighted by molar-refractivity contribution is -0.132. The minimum absolute atomic E-state index is 0.198. The summed E-state index contributed by atoms with van der Waals surface area (Å²) in [7, 11) is 0. The van der Waals surface area contributed by atoms with Crippen molar-refractivity contribution in [3.63, 3.8) is 0 Å². The van der Waals surface area contributed by atoms with Crippen LogP contribution in [-0.2, 0) is 14.3 Å². The van der Waals surface area contributed by atoms with Gasteiger partial charge in [-0.25, -0.2) is 9.59 Å². The number of carboxylic acid groups (broad SMARTS) is 1. The first kappa shape index (κ1) is 14.6. The van der Waals surface area contributed by atoms with Crippen molar-refractivity contribution in [2.75, 3.05) is 6.61 Å². The lowest BCUT2D eigenvalue weighted by atomic mass is 10.2. The molecule has 16 heavy (non-hydrogen) atoms. The fourth-order valence-electron chi connectivity index (χ4n) is 1.01. The minimum Gasteiger partial charge on any atom is -0.478 e. The molecule has 1 aliphatic heterocycles. The Hall–Kier alpha value is -1.45. The predicted octanol–water partition coefficient (Wildman–Crippen LogP) is 1.89. The molecule has 1 unspecified atom stereocenters. The van der Waals surface area contributed by atoms with Crippen molar-refractivity contribution < 1.29 is 19.4 Å². The second kappa shape index (κ2) is 8.83. The number of ether oxygens (including phenoxy) is 1. The number of aliphatic imine (C=N–C) groups is 1. The summed E-state index contributed by atoms with van der Waals surface area (Å²) in [4.78, 5) is 23.0. The summed E-state index contributed by atoms with van der Waals surface area (Å²) in [6.07, 6.45) is 5.91. The highest BCUT2D eigenvalue weighted by molar-refractivity contribution is 5.85. The van der Waals surface area contributed by atoms with Gasteiger partial charge in [0.15, 0.2) is 6.23 Å². The van der Waals surface area contributed by atoms with Crippen LogP contribution in [0.15, 0.2) is 16.6 Å². The quantitative estimate of drug-likeness (QED) is 0.444. The summed E-state index contributed by atoms with van der Waals surface area (Å²) in [5, 5.41) is 8.11. The third kappa shape index (κ3) is 6.92. The van der Waals surface area contributed by atoms with Crippen LogP contribution < -0.4 is 0 Å². The maximum atomic E-state index is 9.86. The lowest BCUT2D eigenvalue weighted by Gasteiger charge is -2.16. The third-order valence-corrected chi connectivity index (χ3v) is 2.12. The summed E-state index contributed by atoms with van der Waals surface area (Å²) in [5.74, 6) is -0.845.